The Hall–Kier alpha value is -2.76. The average Bonchev–Trinajstić information content (AvgIpc) is 2.56. The molecule has 0 aromatic heterocycles. The minimum Gasteiger partial charge on any atom is -0.207 e. The molecule has 0 amide bonds. The summed E-state index contributed by atoms with van der Waals surface area (Å²) < 4.78 is 73.3. The molecular weight excluding hydrogens is 366 g/mol. The molecule has 0 atom stereocenters. The van der Waals surface area contributed by atoms with Gasteiger partial charge in [-0.2, -0.15) is 0 Å². The van der Waals surface area contributed by atoms with E-state index in [4.69, 9.17) is 0 Å². The van der Waals surface area contributed by atoms with Gasteiger partial charge in [-0.1, -0.05) is 18.2 Å². The molecule has 144 valence electrons. The molecule has 0 aliphatic rings. The number of hydrogen-bond acceptors (Lipinski definition) is 0. The van der Waals surface area contributed by atoms with Crippen LogP contribution in [0.15, 0.2) is 54.6 Å². The van der Waals surface area contributed by atoms with Gasteiger partial charge >= 0.3 is 0 Å². The number of halogens is 6. The zero-order valence-corrected chi connectivity index (χ0v) is 15.0. The lowest BCUT2D eigenvalue weighted by Crippen LogP contribution is -1.92. The summed E-state index contributed by atoms with van der Waals surface area (Å²) in [6.45, 7) is 4.88. The first-order valence-electron chi connectivity index (χ1n) is 7.85. The summed E-state index contributed by atoms with van der Waals surface area (Å²) in [6, 6.07) is 12.0. The maximum atomic E-state index is 12.4. The summed E-state index contributed by atoms with van der Waals surface area (Å²) in [4.78, 5) is 0. The van der Waals surface area contributed by atoms with E-state index in [1.54, 1.807) is 13.0 Å². The second kappa shape index (κ2) is 10.4. The van der Waals surface area contributed by atoms with Crippen molar-refractivity contribution in [2.75, 3.05) is 0 Å². The van der Waals surface area contributed by atoms with E-state index in [9.17, 15) is 26.3 Å². The summed E-state index contributed by atoms with van der Waals surface area (Å²) in [7, 11) is 0. The molecule has 6 heteroatoms. The van der Waals surface area contributed by atoms with Gasteiger partial charge in [0, 0.05) is 6.07 Å². The molecule has 27 heavy (non-hydrogen) atoms. The van der Waals surface area contributed by atoms with Crippen LogP contribution in [-0.2, 0) is 0 Å². The van der Waals surface area contributed by atoms with E-state index >= 15 is 0 Å². The van der Waals surface area contributed by atoms with Gasteiger partial charge in [-0.05, 0) is 67.8 Å². The highest BCUT2D eigenvalue weighted by Crippen LogP contribution is 2.13. The van der Waals surface area contributed by atoms with Crippen LogP contribution in [-0.4, -0.2) is 0 Å². The van der Waals surface area contributed by atoms with Gasteiger partial charge in [0.25, 0.3) is 0 Å². The zero-order chi connectivity index (χ0) is 20.6. The van der Waals surface area contributed by atoms with Gasteiger partial charge in [-0.3, -0.25) is 0 Å². The smallest absolute Gasteiger partial charge is 0.194 e. The Bertz CT molecular complexity index is 795. The maximum Gasteiger partial charge on any atom is 0.194 e. The van der Waals surface area contributed by atoms with Gasteiger partial charge in [0.05, 0.1) is 0 Å². The third kappa shape index (κ3) is 7.98. The van der Waals surface area contributed by atoms with E-state index in [-0.39, 0.29) is 11.4 Å². The summed E-state index contributed by atoms with van der Waals surface area (Å²) in [6.07, 6.45) is 0. The predicted octanol–water partition coefficient (Wildman–Crippen LogP) is 6.82. The Morgan fingerprint density at radius 1 is 0.519 bits per heavy atom. The lowest BCUT2D eigenvalue weighted by molar-refractivity contribution is 0.443. The maximum absolute atomic E-state index is 12.4. The van der Waals surface area contributed by atoms with Crippen LogP contribution < -0.4 is 0 Å². The van der Waals surface area contributed by atoms with Crippen LogP contribution >= 0.6 is 0 Å². The van der Waals surface area contributed by atoms with Gasteiger partial charge in [0.2, 0.25) is 0 Å². The topological polar surface area (TPSA) is 0 Å². The van der Waals surface area contributed by atoms with Crippen LogP contribution in [0.1, 0.15) is 16.7 Å². The molecule has 3 aromatic carbocycles. The molecule has 0 nitrogen and oxygen atoms in total. The van der Waals surface area contributed by atoms with E-state index in [1.165, 1.54) is 37.3 Å². The number of hydrogen-bond donors (Lipinski definition) is 0. The predicted molar refractivity (Wildman–Crippen MR) is 93.3 cm³/mol. The molecule has 0 bridgehead atoms. The summed E-state index contributed by atoms with van der Waals surface area (Å²) in [5, 5.41) is 0. The molecule has 3 aromatic rings. The molecule has 0 fully saturated rings. The Kier molecular flexibility index (Phi) is 8.59. The first kappa shape index (κ1) is 22.3. The molecule has 0 spiro atoms. The van der Waals surface area contributed by atoms with Gasteiger partial charge in [-0.15, -0.1) is 0 Å². The van der Waals surface area contributed by atoms with Gasteiger partial charge < -0.3 is 0 Å². The van der Waals surface area contributed by atoms with Crippen LogP contribution in [0.25, 0.3) is 0 Å². The molecular formula is C21H18F6. The van der Waals surface area contributed by atoms with Crippen LogP contribution in [0.3, 0.4) is 0 Å². The fourth-order valence-electron chi connectivity index (χ4n) is 1.92. The molecule has 0 N–H and O–H groups in total. The van der Waals surface area contributed by atoms with Crippen LogP contribution in [0.5, 0.6) is 0 Å². The van der Waals surface area contributed by atoms with E-state index in [2.05, 4.69) is 0 Å². The Balaban J connectivity index is 0.000000204. The SMILES string of the molecule is Cc1cc(F)cc(F)c1.Cc1ccc(F)c(F)c1F.Cc1cccc(F)c1. The fourth-order valence-corrected chi connectivity index (χ4v) is 1.92. The van der Waals surface area contributed by atoms with E-state index in [1.807, 2.05) is 13.0 Å². The van der Waals surface area contributed by atoms with Crippen LogP contribution in [0, 0.1) is 55.7 Å². The highest BCUT2D eigenvalue weighted by atomic mass is 19.2. The monoisotopic (exact) mass is 384 g/mol. The van der Waals surface area contributed by atoms with Crippen LogP contribution in [0.2, 0.25) is 0 Å². The standard InChI is InChI=1S/C7H5F3.C7H6F2.C7H7F/c1-4-2-3-5(8)7(10)6(4)9;1-5-2-6(8)4-7(9)3-5;1-6-3-2-4-7(8)5-6/h2-3H,1H3;2-4H,1H3;2-5H,1H3. The number of rotatable bonds is 0. The second-order valence-corrected chi connectivity index (χ2v) is 5.74. The van der Waals surface area contributed by atoms with E-state index in [0.29, 0.717) is 5.56 Å². The zero-order valence-electron chi connectivity index (χ0n) is 15.0. The number of benzene rings is 3. The number of aryl methyl sites for hydroxylation is 3. The molecule has 0 unspecified atom stereocenters. The van der Waals surface area contributed by atoms with Crippen molar-refractivity contribution in [2.24, 2.45) is 0 Å². The minimum atomic E-state index is -1.40. The Labute approximate surface area is 154 Å². The molecule has 0 saturated heterocycles. The minimum absolute atomic E-state index is 0.110. The first-order chi connectivity index (χ1) is 12.6. The van der Waals surface area contributed by atoms with Crippen molar-refractivity contribution in [2.45, 2.75) is 20.8 Å². The van der Waals surface area contributed by atoms with Crippen molar-refractivity contribution >= 4 is 0 Å². The normalized spacial score (nSPS) is 9.67. The lowest BCUT2D eigenvalue weighted by Gasteiger charge is -1.96. The molecule has 0 aliphatic carbocycles. The molecule has 0 radical (unpaired) electrons. The first-order valence-corrected chi connectivity index (χ1v) is 7.85. The Morgan fingerprint density at radius 3 is 1.48 bits per heavy atom. The largest absolute Gasteiger partial charge is 0.207 e. The summed E-state index contributed by atoms with van der Waals surface area (Å²) in [5.74, 6) is -4.87. The summed E-state index contributed by atoms with van der Waals surface area (Å²) >= 11 is 0. The van der Waals surface area contributed by atoms with Gasteiger partial charge in [0.1, 0.15) is 17.5 Å². The van der Waals surface area contributed by atoms with Crippen molar-refractivity contribution in [3.05, 3.63) is 106 Å². The van der Waals surface area contributed by atoms with Gasteiger partial charge in [0.15, 0.2) is 17.5 Å². The highest BCUT2D eigenvalue weighted by molar-refractivity contribution is 5.18. The van der Waals surface area contributed by atoms with Crippen LogP contribution in [0.4, 0.5) is 26.3 Å². The summed E-state index contributed by atoms with van der Waals surface area (Å²) in [5.41, 5.74) is 1.68. The molecule has 0 aliphatic heterocycles. The average molecular weight is 384 g/mol. The molecule has 0 heterocycles. The lowest BCUT2D eigenvalue weighted by atomic mass is 10.2. The molecule has 0 saturated carbocycles. The van der Waals surface area contributed by atoms with Crippen molar-refractivity contribution in [3.8, 4) is 0 Å². The Morgan fingerprint density at radius 2 is 1.07 bits per heavy atom. The second-order valence-electron chi connectivity index (χ2n) is 5.74. The fraction of sp³-hybridized carbons (Fsp3) is 0.143. The van der Waals surface area contributed by atoms with Crippen molar-refractivity contribution in [1.29, 1.82) is 0 Å². The quantitative estimate of drug-likeness (QED) is 0.295. The van der Waals surface area contributed by atoms with E-state index < -0.39 is 29.1 Å². The van der Waals surface area contributed by atoms with Crippen molar-refractivity contribution in [1.82, 2.24) is 0 Å². The van der Waals surface area contributed by atoms with Crippen molar-refractivity contribution in [3.63, 3.8) is 0 Å². The highest BCUT2D eigenvalue weighted by Gasteiger charge is 2.09. The van der Waals surface area contributed by atoms with E-state index in [0.717, 1.165) is 17.7 Å². The third-order valence-electron chi connectivity index (χ3n) is 3.22. The van der Waals surface area contributed by atoms with Crippen molar-refractivity contribution < 1.29 is 26.3 Å². The van der Waals surface area contributed by atoms with Gasteiger partial charge in [-0.25, -0.2) is 26.3 Å². The molecule has 3 rings (SSSR count). The third-order valence-corrected chi connectivity index (χ3v) is 3.22.